The molecule has 4 heterocycles. The smallest absolute Gasteiger partial charge is 0.293 e. The summed E-state index contributed by atoms with van der Waals surface area (Å²) >= 11 is 1.03. The minimum atomic E-state index is -0.438. The second-order valence-corrected chi connectivity index (χ2v) is 18.8. The number of ether oxygens (including phenoxy) is 1. The number of nitro benzene ring substituents is 1. The Hall–Kier alpha value is -5.11. The van der Waals surface area contributed by atoms with E-state index in [2.05, 4.69) is 72.8 Å². The number of nitro groups is 1. The highest BCUT2D eigenvalue weighted by atomic mass is 32.2. The van der Waals surface area contributed by atoms with Gasteiger partial charge in [0.2, 0.25) is 0 Å². The van der Waals surface area contributed by atoms with E-state index in [4.69, 9.17) is 4.74 Å². The lowest BCUT2D eigenvalue weighted by Gasteiger charge is -2.59. The summed E-state index contributed by atoms with van der Waals surface area (Å²) in [6.45, 7) is 10.1. The number of amides is 1. The van der Waals surface area contributed by atoms with E-state index in [0.717, 1.165) is 73.7 Å². The fourth-order valence-electron chi connectivity index (χ4n) is 10.7. The van der Waals surface area contributed by atoms with Gasteiger partial charge in [0.1, 0.15) is 22.8 Å². The fourth-order valence-corrected chi connectivity index (χ4v) is 11.3. The minimum Gasteiger partial charge on any atom is -0.455 e. The molecule has 3 N–H and O–H groups in total. The van der Waals surface area contributed by atoms with Crippen molar-refractivity contribution in [3.63, 3.8) is 0 Å². The van der Waals surface area contributed by atoms with Crippen molar-refractivity contribution in [1.82, 2.24) is 24.5 Å². The number of pyridine rings is 1. The molecule has 4 fully saturated rings. The first-order valence-corrected chi connectivity index (χ1v) is 23.0. The van der Waals surface area contributed by atoms with Crippen molar-refractivity contribution in [3.8, 4) is 11.5 Å². The molecule has 1 atom stereocenters. The number of carbonyl (C=O) groups is 1. The number of nitrogens with zero attached hydrogens (tertiary/aromatic N) is 5. The maximum atomic E-state index is 13.8. The Morgan fingerprint density at radius 1 is 0.967 bits per heavy atom. The molecule has 3 aromatic carbocycles. The van der Waals surface area contributed by atoms with E-state index in [1.54, 1.807) is 30.9 Å². The molecule has 4 aliphatic rings. The van der Waals surface area contributed by atoms with Gasteiger partial charge in [0.25, 0.3) is 11.6 Å². The SMILES string of the molecule is CNc1ccc(SNC(=O)c2ccc(N3CCC4(CC3)CC(N3CCN(C5CCCCC5)CC3c3ccccc3C(C)C)C4)cc2Oc2cnc3[nH]ccc3c2)cc1[N+](=O)[O-]. The molecule has 13 heteroatoms. The number of piperidine rings is 1. The quantitative estimate of drug-likeness (QED) is 0.0634. The van der Waals surface area contributed by atoms with Crippen LogP contribution >= 0.6 is 11.9 Å². The number of carbonyl (C=O) groups excluding carboxylic acids is 1. The largest absolute Gasteiger partial charge is 0.455 e. The van der Waals surface area contributed by atoms with Crippen molar-refractivity contribution in [2.24, 2.45) is 5.41 Å². The zero-order chi connectivity index (χ0) is 42.1. The first-order chi connectivity index (χ1) is 29.7. The van der Waals surface area contributed by atoms with Crippen LogP contribution in [0.15, 0.2) is 90.1 Å². The Morgan fingerprint density at radius 2 is 1.77 bits per heavy atom. The molecule has 9 rings (SSSR count). The molecule has 0 radical (unpaired) electrons. The van der Waals surface area contributed by atoms with Crippen LogP contribution in [0.25, 0.3) is 11.0 Å². The van der Waals surface area contributed by atoms with Crippen molar-refractivity contribution in [2.75, 3.05) is 50.0 Å². The van der Waals surface area contributed by atoms with Crippen molar-refractivity contribution >= 4 is 46.0 Å². The van der Waals surface area contributed by atoms with E-state index < -0.39 is 4.92 Å². The first-order valence-electron chi connectivity index (χ1n) is 22.2. The Labute approximate surface area is 363 Å². The minimum absolute atomic E-state index is 0.0622. The van der Waals surface area contributed by atoms with Crippen LogP contribution in [0.3, 0.4) is 0 Å². The lowest BCUT2D eigenvalue weighted by atomic mass is 9.59. The number of benzene rings is 3. The maximum Gasteiger partial charge on any atom is 0.293 e. The molecule has 1 spiro atoms. The zero-order valence-electron chi connectivity index (χ0n) is 35.6. The summed E-state index contributed by atoms with van der Waals surface area (Å²) in [6.07, 6.45) is 15.1. The predicted molar refractivity (Wildman–Crippen MR) is 244 cm³/mol. The van der Waals surface area contributed by atoms with Crippen molar-refractivity contribution in [1.29, 1.82) is 0 Å². The van der Waals surface area contributed by atoms with Crippen LogP contribution in [0.5, 0.6) is 11.5 Å². The second-order valence-electron chi connectivity index (χ2n) is 18.0. The topological polar surface area (TPSA) is 132 Å². The molecule has 5 aromatic rings. The number of H-pyrrole nitrogens is 1. The van der Waals surface area contributed by atoms with Crippen molar-refractivity contribution < 1.29 is 14.5 Å². The molecular weight excluding hydrogens is 785 g/mol. The van der Waals surface area contributed by atoms with Crippen LogP contribution in [-0.4, -0.2) is 82.5 Å². The van der Waals surface area contributed by atoms with Crippen LogP contribution in [0, 0.1) is 15.5 Å². The third kappa shape index (κ3) is 8.69. The number of anilines is 2. The average molecular weight is 843 g/mol. The van der Waals surface area contributed by atoms with Crippen LogP contribution in [-0.2, 0) is 0 Å². The Morgan fingerprint density at radius 3 is 2.54 bits per heavy atom. The summed E-state index contributed by atoms with van der Waals surface area (Å²) in [5.74, 6) is 1.08. The molecule has 320 valence electrons. The predicted octanol–water partition coefficient (Wildman–Crippen LogP) is 10.3. The Bertz CT molecular complexity index is 2360. The van der Waals surface area contributed by atoms with Gasteiger partial charge < -0.3 is 19.9 Å². The summed E-state index contributed by atoms with van der Waals surface area (Å²) in [4.78, 5) is 41.4. The monoisotopic (exact) mass is 842 g/mol. The third-order valence-electron chi connectivity index (χ3n) is 14.0. The number of fused-ring (bicyclic) bond motifs is 1. The number of rotatable bonds is 12. The van der Waals surface area contributed by atoms with E-state index in [1.807, 2.05) is 36.5 Å². The van der Waals surface area contributed by atoms with Gasteiger partial charge in [-0.15, -0.1) is 0 Å². The number of aromatic nitrogens is 2. The molecule has 2 aromatic heterocycles. The highest BCUT2D eigenvalue weighted by Gasteiger charge is 2.50. The summed E-state index contributed by atoms with van der Waals surface area (Å²) in [5, 5.41) is 15.4. The van der Waals surface area contributed by atoms with Gasteiger partial charge in [-0.2, -0.15) is 0 Å². The number of hydrogen-bond acceptors (Lipinski definition) is 10. The Balaban J connectivity index is 0.893. The van der Waals surface area contributed by atoms with Crippen LogP contribution < -0.4 is 19.7 Å². The Kier molecular flexibility index (Phi) is 12.0. The van der Waals surface area contributed by atoms with E-state index in [1.165, 1.54) is 63.1 Å². The second kappa shape index (κ2) is 17.7. The molecule has 1 unspecified atom stereocenters. The lowest BCUT2D eigenvalue weighted by Crippen LogP contribution is -2.61. The van der Waals surface area contributed by atoms with Crippen LogP contribution in [0.2, 0.25) is 0 Å². The fraction of sp³-hybridized carbons (Fsp3) is 0.458. The molecule has 2 aliphatic heterocycles. The third-order valence-corrected chi connectivity index (χ3v) is 14.8. The van der Waals surface area contributed by atoms with Crippen molar-refractivity contribution in [2.45, 2.75) is 101 Å². The van der Waals surface area contributed by atoms with Gasteiger partial charge in [0, 0.05) is 92.2 Å². The van der Waals surface area contributed by atoms with Gasteiger partial charge in [0.15, 0.2) is 0 Å². The highest BCUT2D eigenvalue weighted by molar-refractivity contribution is 7.98. The van der Waals surface area contributed by atoms with E-state index in [9.17, 15) is 14.9 Å². The molecule has 2 saturated heterocycles. The summed E-state index contributed by atoms with van der Waals surface area (Å²) < 4.78 is 9.34. The molecule has 0 bridgehead atoms. The van der Waals surface area contributed by atoms with Gasteiger partial charge in [-0.3, -0.25) is 29.4 Å². The van der Waals surface area contributed by atoms with E-state index >= 15 is 0 Å². The number of piperazine rings is 1. The van der Waals surface area contributed by atoms with Crippen LogP contribution in [0.4, 0.5) is 17.1 Å². The molecule has 61 heavy (non-hydrogen) atoms. The van der Waals surface area contributed by atoms with E-state index in [0.29, 0.717) is 51.1 Å². The molecular formula is C48H58N8O4S. The van der Waals surface area contributed by atoms with Gasteiger partial charge in [-0.05, 0) is 109 Å². The number of nitrogens with one attached hydrogen (secondary N) is 3. The van der Waals surface area contributed by atoms with Crippen molar-refractivity contribution in [3.05, 3.63) is 112 Å². The van der Waals surface area contributed by atoms with Gasteiger partial charge in [-0.1, -0.05) is 57.4 Å². The molecule has 2 saturated carbocycles. The lowest BCUT2D eigenvalue weighted by molar-refractivity contribution is -0.384. The standard InChI is InChI=1S/C48H58N8O4S/c1-32(2)39-11-7-8-12-40(39)44-31-54(34-9-5-4-6-10-34)23-24-55(44)36-28-48(29-36)18-21-53(22-19-48)35-13-15-41(45(26-35)60-37-25-33-17-20-50-46(33)51-30-37)47(57)52-61-38-14-16-42(49-3)43(27-38)56(58)59/h7-8,11-17,20,25-27,30,32,34,36,44,49H,4-6,9-10,18-19,21-24,28-29,31H2,1-3H3,(H,50,51)(H,52,57). The zero-order valence-corrected chi connectivity index (χ0v) is 36.4. The average Bonchev–Trinajstić information content (AvgIpc) is 3.75. The molecule has 12 nitrogen and oxygen atoms in total. The van der Waals surface area contributed by atoms with E-state index in [-0.39, 0.29) is 11.6 Å². The molecule has 2 aliphatic carbocycles. The number of hydrogen-bond donors (Lipinski definition) is 3. The van der Waals surface area contributed by atoms with Gasteiger partial charge in [-0.25, -0.2) is 4.98 Å². The van der Waals surface area contributed by atoms with Gasteiger partial charge >= 0.3 is 0 Å². The van der Waals surface area contributed by atoms with Crippen LogP contribution in [0.1, 0.15) is 105 Å². The molecule has 1 amide bonds. The summed E-state index contributed by atoms with van der Waals surface area (Å²) in [7, 11) is 1.64. The number of aromatic amines is 1. The summed E-state index contributed by atoms with van der Waals surface area (Å²) in [5.41, 5.74) is 5.88. The summed E-state index contributed by atoms with van der Waals surface area (Å²) in [6, 6.07) is 25.5. The highest BCUT2D eigenvalue weighted by Crippen LogP contribution is 2.53. The maximum absolute atomic E-state index is 13.8. The first kappa shape index (κ1) is 41.3. The van der Waals surface area contributed by atoms with Gasteiger partial charge in [0.05, 0.1) is 16.7 Å². The normalized spacial score (nSPS) is 20.2.